The third-order valence-corrected chi connectivity index (χ3v) is 3.65. The topological polar surface area (TPSA) is 39.2 Å². The average Bonchev–Trinajstić information content (AvgIpc) is 2.76. The Hall–Kier alpha value is -2.13. The van der Waals surface area contributed by atoms with E-state index in [1.54, 1.807) is 6.07 Å². The van der Waals surface area contributed by atoms with E-state index in [1.807, 2.05) is 38.1 Å². The molecule has 0 spiro atoms. The van der Waals surface area contributed by atoms with Crippen LogP contribution < -0.4 is 5.73 Å². The van der Waals surface area contributed by atoms with Gasteiger partial charge in [0, 0.05) is 10.9 Å². The summed E-state index contributed by atoms with van der Waals surface area (Å²) >= 11 is 0. The Morgan fingerprint density at radius 2 is 1.75 bits per heavy atom. The van der Waals surface area contributed by atoms with Crippen LogP contribution in [0.15, 0.2) is 46.9 Å². The monoisotopic (exact) mass is 269 g/mol. The molecule has 0 fully saturated rings. The van der Waals surface area contributed by atoms with Gasteiger partial charge < -0.3 is 10.2 Å². The van der Waals surface area contributed by atoms with E-state index < -0.39 is 0 Å². The van der Waals surface area contributed by atoms with Crippen LogP contribution in [-0.2, 0) is 0 Å². The van der Waals surface area contributed by atoms with Crippen molar-refractivity contribution in [2.45, 2.75) is 19.9 Å². The number of benzene rings is 2. The van der Waals surface area contributed by atoms with Gasteiger partial charge in [0.05, 0.1) is 6.04 Å². The maximum absolute atomic E-state index is 13.3. The molecule has 0 saturated carbocycles. The lowest BCUT2D eigenvalue weighted by molar-refractivity contribution is 0.520. The molecule has 0 bridgehead atoms. The molecule has 1 atom stereocenters. The zero-order chi connectivity index (χ0) is 14.3. The molecule has 0 amide bonds. The SMILES string of the molecule is Cc1ccc(C(N)c2oc3ccc(F)cc3c2C)cc1. The predicted octanol–water partition coefficient (Wildman–Crippen LogP) is 4.24. The predicted molar refractivity (Wildman–Crippen MR) is 78.1 cm³/mol. The minimum atomic E-state index is -0.342. The molecule has 0 saturated heterocycles. The molecule has 2 nitrogen and oxygen atoms in total. The second-order valence-corrected chi connectivity index (χ2v) is 5.12. The van der Waals surface area contributed by atoms with Crippen LogP contribution in [0, 0.1) is 19.7 Å². The molecule has 20 heavy (non-hydrogen) atoms. The van der Waals surface area contributed by atoms with Crippen molar-refractivity contribution in [1.29, 1.82) is 0 Å². The number of aryl methyl sites for hydroxylation is 2. The first-order chi connectivity index (χ1) is 9.56. The van der Waals surface area contributed by atoms with Gasteiger partial charge >= 0.3 is 0 Å². The number of rotatable bonds is 2. The minimum absolute atomic E-state index is 0.267. The van der Waals surface area contributed by atoms with E-state index in [4.69, 9.17) is 10.2 Å². The molecule has 1 aromatic heterocycles. The third kappa shape index (κ3) is 2.10. The summed E-state index contributed by atoms with van der Waals surface area (Å²) in [6.07, 6.45) is 0. The van der Waals surface area contributed by atoms with Crippen molar-refractivity contribution in [3.63, 3.8) is 0 Å². The zero-order valence-electron chi connectivity index (χ0n) is 11.5. The molecule has 2 aromatic carbocycles. The van der Waals surface area contributed by atoms with Crippen molar-refractivity contribution in [3.05, 3.63) is 70.7 Å². The Kier molecular flexibility index (Phi) is 3.07. The molecule has 0 radical (unpaired) electrons. The van der Waals surface area contributed by atoms with E-state index >= 15 is 0 Å². The molecule has 0 aliphatic rings. The van der Waals surface area contributed by atoms with E-state index in [1.165, 1.54) is 17.7 Å². The Morgan fingerprint density at radius 3 is 2.45 bits per heavy atom. The molecule has 1 unspecified atom stereocenters. The van der Waals surface area contributed by atoms with Gasteiger partial charge in [0.25, 0.3) is 0 Å². The highest BCUT2D eigenvalue weighted by molar-refractivity contribution is 5.82. The maximum Gasteiger partial charge on any atom is 0.134 e. The summed E-state index contributed by atoms with van der Waals surface area (Å²) in [5, 5.41) is 0.780. The normalized spacial score (nSPS) is 12.8. The first-order valence-corrected chi connectivity index (χ1v) is 6.57. The van der Waals surface area contributed by atoms with Gasteiger partial charge in [0.1, 0.15) is 17.2 Å². The highest BCUT2D eigenvalue weighted by Crippen LogP contribution is 2.31. The first kappa shape index (κ1) is 12.9. The molecule has 0 aliphatic heterocycles. The van der Waals surface area contributed by atoms with E-state index in [2.05, 4.69) is 0 Å². The molecule has 3 rings (SSSR count). The fourth-order valence-corrected chi connectivity index (χ4v) is 2.43. The summed E-state index contributed by atoms with van der Waals surface area (Å²) in [5.41, 5.74) is 10.0. The number of hydrogen-bond acceptors (Lipinski definition) is 2. The van der Waals surface area contributed by atoms with Crippen molar-refractivity contribution in [3.8, 4) is 0 Å². The van der Waals surface area contributed by atoms with E-state index in [-0.39, 0.29) is 11.9 Å². The van der Waals surface area contributed by atoms with Gasteiger partial charge in [-0.15, -0.1) is 0 Å². The highest BCUT2D eigenvalue weighted by atomic mass is 19.1. The van der Waals surface area contributed by atoms with Crippen molar-refractivity contribution < 1.29 is 8.81 Å². The van der Waals surface area contributed by atoms with Crippen molar-refractivity contribution in [2.24, 2.45) is 5.73 Å². The van der Waals surface area contributed by atoms with Crippen LogP contribution in [0.3, 0.4) is 0 Å². The maximum atomic E-state index is 13.3. The Balaban J connectivity index is 2.09. The zero-order valence-corrected chi connectivity index (χ0v) is 11.5. The molecule has 2 N–H and O–H groups in total. The van der Waals surface area contributed by atoms with Crippen LogP contribution in [0.5, 0.6) is 0 Å². The number of furan rings is 1. The molecule has 3 heteroatoms. The van der Waals surface area contributed by atoms with Gasteiger partial charge in [-0.1, -0.05) is 29.8 Å². The molecule has 3 aromatic rings. The lowest BCUT2D eigenvalue weighted by Crippen LogP contribution is -2.11. The van der Waals surface area contributed by atoms with Crippen LogP contribution >= 0.6 is 0 Å². The smallest absolute Gasteiger partial charge is 0.134 e. The largest absolute Gasteiger partial charge is 0.459 e. The molecule has 0 aliphatic carbocycles. The molecule has 102 valence electrons. The van der Waals surface area contributed by atoms with Crippen molar-refractivity contribution in [2.75, 3.05) is 0 Å². The average molecular weight is 269 g/mol. The van der Waals surface area contributed by atoms with E-state index in [0.29, 0.717) is 11.3 Å². The quantitative estimate of drug-likeness (QED) is 0.756. The highest BCUT2D eigenvalue weighted by Gasteiger charge is 2.18. The van der Waals surface area contributed by atoms with Gasteiger partial charge in [-0.25, -0.2) is 4.39 Å². The standard InChI is InChI=1S/C17H16FNO/c1-10-3-5-12(6-4-10)16(19)17-11(2)14-9-13(18)7-8-15(14)20-17/h3-9,16H,19H2,1-2H3. The van der Waals surface area contributed by atoms with Crippen LogP contribution in [0.2, 0.25) is 0 Å². The Morgan fingerprint density at radius 1 is 1.05 bits per heavy atom. The number of fused-ring (bicyclic) bond motifs is 1. The minimum Gasteiger partial charge on any atom is -0.459 e. The lowest BCUT2D eigenvalue weighted by Gasteiger charge is -2.10. The first-order valence-electron chi connectivity index (χ1n) is 6.57. The van der Waals surface area contributed by atoms with Crippen LogP contribution in [0.4, 0.5) is 4.39 Å². The molecule has 1 heterocycles. The summed E-state index contributed by atoms with van der Waals surface area (Å²) < 4.78 is 19.1. The molecular weight excluding hydrogens is 253 g/mol. The van der Waals surface area contributed by atoms with Crippen molar-refractivity contribution >= 4 is 11.0 Å². The van der Waals surface area contributed by atoms with Gasteiger partial charge in [0.2, 0.25) is 0 Å². The number of nitrogens with two attached hydrogens (primary N) is 1. The summed E-state index contributed by atoms with van der Waals surface area (Å²) in [6, 6.07) is 12.2. The molecular formula is C17H16FNO. The second-order valence-electron chi connectivity index (χ2n) is 5.12. The van der Waals surface area contributed by atoms with E-state index in [9.17, 15) is 4.39 Å². The fraction of sp³-hybridized carbons (Fsp3) is 0.176. The van der Waals surface area contributed by atoms with Gasteiger partial charge in [0.15, 0.2) is 0 Å². The summed E-state index contributed by atoms with van der Waals surface area (Å²) in [6.45, 7) is 3.94. The van der Waals surface area contributed by atoms with Gasteiger partial charge in [-0.05, 0) is 37.6 Å². The fourth-order valence-electron chi connectivity index (χ4n) is 2.43. The Labute approximate surface area is 117 Å². The lowest BCUT2D eigenvalue weighted by atomic mass is 10.0. The Bertz CT molecular complexity index is 759. The van der Waals surface area contributed by atoms with Gasteiger partial charge in [-0.3, -0.25) is 0 Å². The number of halogens is 1. The number of hydrogen-bond donors (Lipinski definition) is 1. The third-order valence-electron chi connectivity index (χ3n) is 3.65. The second kappa shape index (κ2) is 4.76. The van der Waals surface area contributed by atoms with E-state index in [0.717, 1.165) is 16.5 Å². The van der Waals surface area contributed by atoms with Crippen molar-refractivity contribution in [1.82, 2.24) is 0 Å². The van der Waals surface area contributed by atoms with Gasteiger partial charge in [-0.2, -0.15) is 0 Å². The summed E-state index contributed by atoms with van der Waals surface area (Å²) in [5.74, 6) is 0.423. The van der Waals surface area contributed by atoms with Crippen LogP contribution in [0.1, 0.15) is 28.5 Å². The summed E-state index contributed by atoms with van der Waals surface area (Å²) in [7, 11) is 0. The van der Waals surface area contributed by atoms with Crippen LogP contribution in [-0.4, -0.2) is 0 Å². The van der Waals surface area contributed by atoms with Crippen LogP contribution in [0.25, 0.3) is 11.0 Å². The summed E-state index contributed by atoms with van der Waals surface area (Å²) in [4.78, 5) is 0.